The second-order valence-electron chi connectivity index (χ2n) is 8.82. The molecule has 1 atom stereocenters. The fourth-order valence-corrected chi connectivity index (χ4v) is 4.54. The lowest BCUT2D eigenvalue weighted by Gasteiger charge is -2.14. The van der Waals surface area contributed by atoms with E-state index in [1.807, 2.05) is 16.7 Å². The smallest absolute Gasteiger partial charge is 0.300 e. The Labute approximate surface area is 194 Å². The van der Waals surface area contributed by atoms with E-state index in [-0.39, 0.29) is 11.7 Å². The van der Waals surface area contributed by atoms with Gasteiger partial charge in [0.15, 0.2) is 6.10 Å². The average molecular weight is 447 g/mol. The topological polar surface area (TPSA) is 62.6 Å². The number of benzene rings is 2. The number of hydrogen-bond acceptors (Lipinski definition) is 5. The van der Waals surface area contributed by atoms with Crippen LogP contribution < -0.4 is 15.0 Å². The highest BCUT2D eigenvalue weighted by atomic mass is 16.6. The maximum Gasteiger partial charge on any atom is 0.300 e. The van der Waals surface area contributed by atoms with Crippen molar-refractivity contribution < 1.29 is 14.2 Å². The monoisotopic (exact) mass is 446 g/mol. The Kier molecular flexibility index (Phi) is 6.44. The largest absolute Gasteiger partial charge is 0.490 e. The van der Waals surface area contributed by atoms with Crippen molar-refractivity contribution in [2.75, 3.05) is 6.61 Å². The first-order chi connectivity index (χ1) is 16.2. The van der Waals surface area contributed by atoms with Crippen molar-refractivity contribution >= 4 is 0 Å². The van der Waals surface area contributed by atoms with Crippen LogP contribution in [0.15, 0.2) is 59.4 Å². The van der Waals surface area contributed by atoms with E-state index in [0.29, 0.717) is 31.9 Å². The maximum atomic E-state index is 12.0. The van der Waals surface area contributed by atoms with Crippen LogP contribution in [0.25, 0.3) is 11.1 Å². The third kappa shape index (κ3) is 5.11. The number of aromatic nitrogens is 2. The van der Waals surface area contributed by atoms with Gasteiger partial charge in [0.25, 0.3) is 5.56 Å². The number of aryl methyl sites for hydroxylation is 1. The summed E-state index contributed by atoms with van der Waals surface area (Å²) < 4.78 is 19.9. The first-order valence-corrected chi connectivity index (χ1v) is 11.9. The van der Waals surface area contributed by atoms with Gasteiger partial charge in [0, 0.05) is 6.07 Å². The zero-order chi connectivity index (χ0) is 22.6. The van der Waals surface area contributed by atoms with Crippen LogP contribution in [0.4, 0.5) is 0 Å². The summed E-state index contributed by atoms with van der Waals surface area (Å²) >= 11 is 0. The van der Waals surface area contributed by atoms with E-state index in [0.717, 1.165) is 36.3 Å². The van der Waals surface area contributed by atoms with Crippen molar-refractivity contribution in [3.05, 3.63) is 76.2 Å². The summed E-state index contributed by atoms with van der Waals surface area (Å²) in [5.74, 6) is 0.788. The van der Waals surface area contributed by atoms with Gasteiger partial charge in [-0.25, -0.2) is 0 Å². The Bertz CT molecular complexity index is 1130. The van der Waals surface area contributed by atoms with Gasteiger partial charge in [0.05, 0.1) is 24.9 Å². The maximum absolute atomic E-state index is 12.0. The number of ether oxygens (including phenoxy) is 3. The summed E-state index contributed by atoms with van der Waals surface area (Å²) in [6.45, 7) is 3.54. The summed E-state index contributed by atoms with van der Waals surface area (Å²) in [6, 6.07) is 18.6. The summed E-state index contributed by atoms with van der Waals surface area (Å²) in [7, 11) is 0. The van der Waals surface area contributed by atoms with Gasteiger partial charge in [-0.1, -0.05) is 56.2 Å². The minimum Gasteiger partial charge on any atom is -0.490 e. The van der Waals surface area contributed by atoms with Gasteiger partial charge in [-0.3, -0.25) is 9.36 Å². The Balaban J connectivity index is 1.18. The molecule has 2 heterocycles. The molecule has 6 heteroatoms. The highest BCUT2D eigenvalue weighted by Gasteiger charge is 2.27. The Morgan fingerprint density at radius 3 is 2.42 bits per heavy atom. The molecule has 0 N–H and O–H groups in total. The minimum absolute atomic E-state index is 0.203. The van der Waals surface area contributed by atoms with Crippen LogP contribution in [-0.2, 0) is 24.3 Å². The molecular formula is C27H30N2O4. The fraction of sp³-hybridized carbons (Fsp3) is 0.407. The van der Waals surface area contributed by atoms with Gasteiger partial charge in [0.1, 0.15) is 12.4 Å². The van der Waals surface area contributed by atoms with Gasteiger partial charge in [0.2, 0.25) is 0 Å². The predicted octanol–water partition coefficient (Wildman–Crippen LogP) is 4.77. The number of fused-ring (bicyclic) bond motifs is 1. The van der Waals surface area contributed by atoms with E-state index >= 15 is 0 Å². The Morgan fingerprint density at radius 1 is 1.03 bits per heavy atom. The molecule has 1 aliphatic carbocycles. The molecule has 33 heavy (non-hydrogen) atoms. The summed E-state index contributed by atoms with van der Waals surface area (Å²) in [4.78, 5) is 16.1. The molecule has 0 saturated heterocycles. The highest BCUT2D eigenvalue weighted by molar-refractivity contribution is 5.64. The number of nitrogens with zero attached hydrogens (tertiary/aromatic N) is 2. The lowest BCUT2D eigenvalue weighted by Crippen LogP contribution is -2.23. The van der Waals surface area contributed by atoms with E-state index in [1.54, 1.807) is 6.07 Å². The molecular weight excluding hydrogens is 416 g/mol. The third-order valence-electron chi connectivity index (χ3n) is 6.49. The van der Waals surface area contributed by atoms with Crippen LogP contribution in [-0.4, -0.2) is 28.4 Å². The van der Waals surface area contributed by atoms with E-state index in [4.69, 9.17) is 14.2 Å². The van der Waals surface area contributed by atoms with Crippen LogP contribution in [0, 0.1) is 0 Å². The third-order valence-corrected chi connectivity index (χ3v) is 6.49. The van der Waals surface area contributed by atoms with E-state index in [9.17, 15) is 4.79 Å². The summed E-state index contributed by atoms with van der Waals surface area (Å²) in [5.41, 5.74) is 4.20. The molecule has 0 amide bonds. The molecule has 172 valence electrons. The van der Waals surface area contributed by atoms with Crippen LogP contribution in [0.2, 0.25) is 0 Å². The summed E-state index contributed by atoms with van der Waals surface area (Å²) in [6.07, 6.45) is 5.75. The van der Waals surface area contributed by atoms with Gasteiger partial charge >= 0.3 is 6.01 Å². The first-order valence-electron chi connectivity index (χ1n) is 11.9. The molecule has 1 fully saturated rings. The molecule has 0 spiro atoms. The minimum atomic E-state index is -0.296. The lowest BCUT2D eigenvalue weighted by atomic mass is 10.0. The second kappa shape index (κ2) is 9.79. The molecule has 0 bridgehead atoms. The van der Waals surface area contributed by atoms with E-state index < -0.39 is 0 Å². The van der Waals surface area contributed by atoms with Crippen LogP contribution in [0.3, 0.4) is 0 Å². The molecule has 1 aliphatic heterocycles. The molecule has 1 saturated carbocycles. The quantitative estimate of drug-likeness (QED) is 0.499. The zero-order valence-electron chi connectivity index (χ0n) is 19.0. The summed E-state index contributed by atoms with van der Waals surface area (Å²) in [5, 5.41) is 0. The van der Waals surface area contributed by atoms with Gasteiger partial charge in [-0.2, -0.15) is 4.98 Å². The Morgan fingerprint density at radius 2 is 1.73 bits per heavy atom. The van der Waals surface area contributed by atoms with E-state index in [2.05, 4.69) is 48.3 Å². The molecule has 2 aromatic carbocycles. The predicted molar refractivity (Wildman–Crippen MR) is 127 cm³/mol. The van der Waals surface area contributed by atoms with Crippen molar-refractivity contribution in [3.8, 4) is 22.9 Å². The standard InChI is InChI=1S/C27H30N2O4/c1-2-19-7-9-20(10-8-19)21-11-13-24(14-12-21)32-18-25-16-29-22(15-26(30)28-27(29)33-25)17-31-23-5-3-4-6-23/h7-15,23,25H,2-6,16-18H2,1H3. The average Bonchev–Trinajstić information content (AvgIpc) is 3.51. The highest BCUT2D eigenvalue weighted by Crippen LogP contribution is 2.26. The molecule has 2 aliphatic rings. The van der Waals surface area contributed by atoms with Crippen molar-refractivity contribution in [1.82, 2.24) is 9.55 Å². The van der Waals surface area contributed by atoms with Crippen molar-refractivity contribution in [2.24, 2.45) is 0 Å². The van der Waals surface area contributed by atoms with E-state index in [1.165, 1.54) is 24.0 Å². The van der Waals surface area contributed by atoms with Crippen molar-refractivity contribution in [1.29, 1.82) is 0 Å². The fourth-order valence-electron chi connectivity index (χ4n) is 4.54. The van der Waals surface area contributed by atoms with Crippen LogP contribution in [0.1, 0.15) is 43.9 Å². The van der Waals surface area contributed by atoms with Gasteiger partial charge < -0.3 is 14.2 Å². The first kappa shape index (κ1) is 21.7. The van der Waals surface area contributed by atoms with Crippen molar-refractivity contribution in [2.45, 2.75) is 64.4 Å². The molecule has 3 aromatic rings. The molecule has 6 nitrogen and oxygen atoms in total. The lowest BCUT2D eigenvalue weighted by molar-refractivity contribution is 0.0418. The molecule has 5 rings (SSSR count). The van der Waals surface area contributed by atoms with Crippen molar-refractivity contribution in [3.63, 3.8) is 0 Å². The molecule has 1 aromatic heterocycles. The second-order valence-corrected chi connectivity index (χ2v) is 8.82. The SMILES string of the molecule is CCc1ccc(-c2ccc(OCC3Cn4c(COC5CCCC5)cc(=O)nc4O3)cc2)cc1. The van der Waals surface area contributed by atoms with Gasteiger partial charge in [-0.15, -0.1) is 0 Å². The number of hydrogen-bond donors (Lipinski definition) is 0. The molecule has 0 radical (unpaired) electrons. The Hall–Kier alpha value is -3.12. The van der Waals surface area contributed by atoms with Crippen LogP contribution in [0.5, 0.6) is 11.8 Å². The zero-order valence-corrected chi connectivity index (χ0v) is 19.0. The van der Waals surface area contributed by atoms with Gasteiger partial charge in [-0.05, 0) is 48.1 Å². The number of rotatable bonds is 8. The normalized spacial score (nSPS) is 17.7. The van der Waals surface area contributed by atoms with Crippen LogP contribution >= 0.6 is 0 Å². The molecule has 1 unspecified atom stereocenters.